The Hall–Kier alpha value is -0.860. The summed E-state index contributed by atoms with van der Waals surface area (Å²) in [6.07, 6.45) is 2.50. The van der Waals surface area contributed by atoms with Gasteiger partial charge in [-0.1, -0.05) is 51.0 Å². The lowest BCUT2D eigenvalue weighted by molar-refractivity contribution is 0.449. The van der Waals surface area contributed by atoms with Gasteiger partial charge in [-0.3, -0.25) is 0 Å². The highest BCUT2D eigenvalue weighted by molar-refractivity contribution is 5.26. The van der Waals surface area contributed by atoms with Crippen LogP contribution in [0.4, 0.5) is 0 Å². The molecule has 1 aromatic carbocycles. The number of hydrogen-bond acceptors (Lipinski definition) is 2. The second kappa shape index (κ2) is 7.42. The van der Waals surface area contributed by atoms with Crippen molar-refractivity contribution in [1.29, 1.82) is 0 Å². The molecule has 0 heterocycles. The minimum atomic E-state index is 0.628. The zero-order chi connectivity index (χ0) is 11.8. The molecule has 0 spiro atoms. The van der Waals surface area contributed by atoms with E-state index in [4.69, 9.17) is 5.73 Å². The van der Waals surface area contributed by atoms with Crippen LogP contribution in [0.15, 0.2) is 24.3 Å². The highest BCUT2D eigenvalue weighted by atomic mass is 14.9. The zero-order valence-corrected chi connectivity index (χ0v) is 10.5. The normalized spacial score (nSPS) is 11.0. The van der Waals surface area contributed by atoms with Crippen molar-refractivity contribution in [3.8, 4) is 0 Å². The summed E-state index contributed by atoms with van der Waals surface area (Å²) in [7, 11) is 0. The molecule has 90 valence electrons. The van der Waals surface area contributed by atoms with Crippen molar-refractivity contribution in [3.05, 3.63) is 35.4 Å². The molecule has 0 aliphatic carbocycles. The van der Waals surface area contributed by atoms with E-state index in [1.807, 2.05) is 6.07 Å². The molecule has 0 radical (unpaired) electrons. The first-order valence-corrected chi connectivity index (χ1v) is 6.29. The SMILES string of the molecule is CCC(CC)CNCc1ccccc1CN. The van der Waals surface area contributed by atoms with Crippen molar-refractivity contribution < 1.29 is 0 Å². The molecule has 2 nitrogen and oxygen atoms in total. The first kappa shape index (κ1) is 13.2. The third-order valence-electron chi connectivity index (χ3n) is 3.24. The Kier molecular flexibility index (Phi) is 6.12. The molecular formula is C14H24N2. The van der Waals surface area contributed by atoms with Gasteiger partial charge in [0.25, 0.3) is 0 Å². The van der Waals surface area contributed by atoms with Gasteiger partial charge in [-0.2, -0.15) is 0 Å². The summed E-state index contributed by atoms with van der Waals surface area (Å²) >= 11 is 0. The van der Waals surface area contributed by atoms with E-state index >= 15 is 0 Å². The molecule has 0 unspecified atom stereocenters. The van der Waals surface area contributed by atoms with E-state index in [1.54, 1.807) is 0 Å². The molecule has 16 heavy (non-hydrogen) atoms. The van der Waals surface area contributed by atoms with E-state index in [9.17, 15) is 0 Å². The van der Waals surface area contributed by atoms with Gasteiger partial charge in [0.05, 0.1) is 0 Å². The van der Waals surface area contributed by atoms with Crippen molar-refractivity contribution in [3.63, 3.8) is 0 Å². The van der Waals surface area contributed by atoms with Gasteiger partial charge in [0.1, 0.15) is 0 Å². The predicted octanol–water partition coefficient (Wildman–Crippen LogP) is 2.67. The average molecular weight is 220 g/mol. The topological polar surface area (TPSA) is 38.0 Å². The molecule has 0 aliphatic heterocycles. The summed E-state index contributed by atoms with van der Waals surface area (Å²) in [6, 6.07) is 8.39. The summed E-state index contributed by atoms with van der Waals surface area (Å²) in [5.41, 5.74) is 8.29. The Bertz CT molecular complexity index is 293. The monoisotopic (exact) mass is 220 g/mol. The lowest BCUT2D eigenvalue weighted by atomic mass is 10.0. The van der Waals surface area contributed by atoms with E-state index in [2.05, 4.69) is 37.4 Å². The summed E-state index contributed by atoms with van der Waals surface area (Å²) in [5, 5.41) is 3.52. The van der Waals surface area contributed by atoms with Crippen LogP contribution in [0.3, 0.4) is 0 Å². The smallest absolute Gasteiger partial charge is 0.0208 e. The highest BCUT2D eigenvalue weighted by Crippen LogP contribution is 2.09. The van der Waals surface area contributed by atoms with E-state index in [1.165, 1.54) is 24.0 Å². The van der Waals surface area contributed by atoms with Crippen molar-refractivity contribution >= 4 is 0 Å². The van der Waals surface area contributed by atoms with Gasteiger partial charge in [0.15, 0.2) is 0 Å². The standard InChI is InChI=1S/C14H24N2/c1-3-12(4-2)10-16-11-14-8-6-5-7-13(14)9-15/h5-8,12,16H,3-4,9-11,15H2,1-2H3. The van der Waals surface area contributed by atoms with Gasteiger partial charge in [-0.15, -0.1) is 0 Å². The summed E-state index contributed by atoms with van der Waals surface area (Å²) < 4.78 is 0. The number of benzene rings is 1. The van der Waals surface area contributed by atoms with Crippen LogP contribution < -0.4 is 11.1 Å². The second-order valence-corrected chi connectivity index (χ2v) is 4.29. The molecule has 0 fully saturated rings. The molecule has 0 amide bonds. The molecule has 0 saturated heterocycles. The molecule has 0 bridgehead atoms. The highest BCUT2D eigenvalue weighted by Gasteiger charge is 2.03. The quantitative estimate of drug-likeness (QED) is 0.741. The summed E-state index contributed by atoms with van der Waals surface area (Å²) in [4.78, 5) is 0. The van der Waals surface area contributed by atoms with Crippen LogP contribution in [0.2, 0.25) is 0 Å². The number of nitrogens with one attached hydrogen (secondary N) is 1. The van der Waals surface area contributed by atoms with Crippen molar-refractivity contribution in [2.45, 2.75) is 39.8 Å². The van der Waals surface area contributed by atoms with Crippen LogP contribution >= 0.6 is 0 Å². The van der Waals surface area contributed by atoms with Gasteiger partial charge in [-0.25, -0.2) is 0 Å². The third-order valence-corrected chi connectivity index (χ3v) is 3.24. The Morgan fingerprint density at radius 1 is 1.12 bits per heavy atom. The first-order chi connectivity index (χ1) is 7.81. The lowest BCUT2D eigenvalue weighted by Crippen LogP contribution is -2.22. The third kappa shape index (κ3) is 3.95. The minimum Gasteiger partial charge on any atom is -0.326 e. The molecule has 1 rings (SSSR count). The fourth-order valence-electron chi connectivity index (χ4n) is 1.92. The number of hydrogen-bond donors (Lipinski definition) is 2. The largest absolute Gasteiger partial charge is 0.326 e. The Balaban J connectivity index is 2.42. The molecular weight excluding hydrogens is 196 g/mol. The fourth-order valence-corrected chi connectivity index (χ4v) is 1.92. The molecule has 0 aromatic heterocycles. The molecule has 0 atom stereocenters. The zero-order valence-electron chi connectivity index (χ0n) is 10.5. The Morgan fingerprint density at radius 3 is 2.31 bits per heavy atom. The maximum atomic E-state index is 5.71. The van der Waals surface area contributed by atoms with Crippen LogP contribution in [-0.4, -0.2) is 6.54 Å². The minimum absolute atomic E-state index is 0.628. The second-order valence-electron chi connectivity index (χ2n) is 4.29. The first-order valence-electron chi connectivity index (χ1n) is 6.29. The van der Waals surface area contributed by atoms with E-state index in [0.717, 1.165) is 19.0 Å². The van der Waals surface area contributed by atoms with Crippen molar-refractivity contribution in [1.82, 2.24) is 5.32 Å². The van der Waals surface area contributed by atoms with E-state index in [-0.39, 0.29) is 0 Å². The summed E-state index contributed by atoms with van der Waals surface area (Å²) in [5.74, 6) is 0.796. The van der Waals surface area contributed by atoms with Gasteiger partial charge in [-0.05, 0) is 23.6 Å². The maximum absolute atomic E-state index is 5.71. The van der Waals surface area contributed by atoms with Gasteiger partial charge in [0.2, 0.25) is 0 Å². The van der Waals surface area contributed by atoms with Gasteiger partial charge < -0.3 is 11.1 Å². The molecule has 1 aromatic rings. The molecule has 0 aliphatic rings. The average Bonchev–Trinajstić information content (AvgIpc) is 2.35. The lowest BCUT2D eigenvalue weighted by Gasteiger charge is -2.14. The van der Waals surface area contributed by atoms with Crippen molar-refractivity contribution in [2.75, 3.05) is 6.54 Å². The van der Waals surface area contributed by atoms with Crippen LogP contribution in [0, 0.1) is 5.92 Å². The van der Waals surface area contributed by atoms with Crippen LogP contribution in [0.5, 0.6) is 0 Å². The predicted molar refractivity (Wildman–Crippen MR) is 70.1 cm³/mol. The number of nitrogens with two attached hydrogens (primary N) is 1. The summed E-state index contributed by atoms with van der Waals surface area (Å²) in [6.45, 7) is 7.17. The van der Waals surface area contributed by atoms with Gasteiger partial charge >= 0.3 is 0 Å². The maximum Gasteiger partial charge on any atom is 0.0208 e. The van der Waals surface area contributed by atoms with Crippen LogP contribution in [0.1, 0.15) is 37.8 Å². The van der Waals surface area contributed by atoms with Gasteiger partial charge in [0, 0.05) is 13.1 Å². The molecule has 3 N–H and O–H groups in total. The number of rotatable bonds is 7. The fraction of sp³-hybridized carbons (Fsp3) is 0.571. The molecule has 0 saturated carbocycles. The van der Waals surface area contributed by atoms with E-state index in [0.29, 0.717) is 6.54 Å². The molecule has 2 heteroatoms. The Labute approximate surface area is 99.2 Å². The van der Waals surface area contributed by atoms with Crippen LogP contribution in [-0.2, 0) is 13.1 Å². The van der Waals surface area contributed by atoms with E-state index < -0.39 is 0 Å². The van der Waals surface area contributed by atoms with Crippen molar-refractivity contribution in [2.24, 2.45) is 11.7 Å². The van der Waals surface area contributed by atoms with Crippen LogP contribution in [0.25, 0.3) is 0 Å². The Morgan fingerprint density at radius 2 is 1.75 bits per heavy atom.